The summed E-state index contributed by atoms with van der Waals surface area (Å²) in [5.41, 5.74) is -0.756. The van der Waals surface area contributed by atoms with Crippen molar-refractivity contribution in [1.29, 1.82) is 0 Å². The second-order valence-corrected chi connectivity index (χ2v) is 7.26. The average molecular weight is 358 g/mol. The van der Waals surface area contributed by atoms with Crippen molar-refractivity contribution in [3.05, 3.63) is 28.8 Å². The minimum Gasteiger partial charge on any atom is -0.444 e. The molecule has 1 saturated heterocycles. The highest BCUT2D eigenvalue weighted by molar-refractivity contribution is 6.29. The summed E-state index contributed by atoms with van der Waals surface area (Å²) in [6, 6.07) is 0.804. The number of hydrogen-bond acceptors (Lipinski definition) is 4. The monoisotopic (exact) mass is 357 g/mol. The highest BCUT2D eigenvalue weighted by Gasteiger charge is 2.36. The number of aromatic nitrogens is 1. The number of rotatable bonds is 2. The summed E-state index contributed by atoms with van der Waals surface area (Å²) in [6.07, 6.45) is 1.04. The van der Waals surface area contributed by atoms with Crippen molar-refractivity contribution < 1.29 is 18.7 Å². The van der Waals surface area contributed by atoms with Crippen molar-refractivity contribution in [2.45, 2.75) is 51.8 Å². The molecule has 0 aromatic carbocycles. The Balaban J connectivity index is 2.01. The van der Waals surface area contributed by atoms with Gasteiger partial charge >= 0.3 is 6.09 Å². The Kier molecular flexibility index (Phi) is 5.32. The number of nitrogens with one attached hydrogen (secondary N) is 1. The zero-order chi connectivity index (χ0) is 18.1. The van der Waals surface area contributed by atoms with Gasteiger partial charge in [0.2, 0.25) is 0 Å². The summed E-state index contributed by atoms with van der Waals surface area (Å²) < 4.78 is 19.0. The van der Waals surface area contributed by atoms with Gasteiger partial charge in [0, 0.05) is 18.6 Å². The minimum absolute atomic E-state index is 0.0386. The van der Waals surface area contributed by atoms with E-state index in [1.807, 2.05) is 6.92 Å². The number of nitrogens with zero attached hydrogens (tertiary/aromatic N) is 2. The zero-order valence-corrected chi connectivity index (χ0v) is 14.9. The van der Waals surface area contributed by atoms with Crippen LogP contribution in [-0.4, -0.2) is 46.1 Å². The van der Waals surface area contributed by atoms with Crippen molar-refractivity contribution in [1.82, 2.24) is 15.2 Å². The van der Waals surface area contributed by atoms with E-state index in [9.17, 15) is 14.0 Å². The third-order valence-corrected chi connectivity index (χ3v) is 3.81. The number of hydrogen-bond donors (Lipinski definition) is 1. The molecule has 24 heavy (non-hydrogen) atoms. The predicted octanol–water partition coefficient (Wildman–Crippen LogP) is 3.00. The van der Waals surface area contributed by atoms with Crippen LogP contribution in [0.4, 0.5) is 9.18 Å². The van der Waals surface area contributed by atoms with Gasteiger partial charge in [0.05, 0.1) is 11.8 Å². The van der Waals surface area contributed by atoms with Gasteiger partial charge < -0.3 is 15.0 Å². The van der Waals surface area contributed by atoms with Crippen LogP contribution < -0.4 is 5.32 Å². The molecule has 0 aliphatic carbocycles. The normalized spacial score (nSPS) is 20.8. The van der Waals surface area contributed by atoms with Crippen molar-refractivity contribution in [2.75, 3.05) is 6.54 Å². The second-order valence-electron chi connectivity index (χ2n) is 6.87. The molecule has 132 valence electrons. The third-order valence-electron chi connectivity index (χ3n) is 3.60. The van der Waals surface area contributed by atoms with Crippen LogP contribution in [0.15, 0.2) is 12.3 Å². The molecule has 2 rings (SSSR count). The van der Waals surface area contributed by atoms with E-state index in [1.54, 1.807) is 25.7 Å². The molecule has 0 unspecified atom stereocenters. The molecule has 6 nitrogen and oxygen atoms in total. The van der Waals surface area contributed by atoms with E-state index < -0.39 is 23.4 Å². The van der Waals surface area contributed by atoms with Gasteiger partial charge in [0.25, 0.3) is 5.91 Å². The lowest BCUT2D eigenvalue weighted by molar-refractivity contribution is 0.0235. The Bertz CT molecular complexity index is 648. The van der Waals surface area contributed by atoms with E-state index >= 15 is 0 Å². The lowest BCUT2D eigenvalue weighted by Gasteiger charge is -2.26. The summed E-state index contributed by atoms with van der Waals surface area (Å²) >= 11 is 5.70. The van der Waals surface area contributed by atoms with Gasteiger partial charge in [-0.1, -0.05) is 11.6 Å². The first kappa shape index (κ1) is 18.4. The molecular formula is C16H21ClFN3O3. The Morgan fingerprint density at radius 1 is 1.46 bits per heavy atom. The topological polar surface area (TPSA) is 71.5 Å². The number of amides is 2. The Morgan fingerprint density at radius 3 is 2.75 bits per heavy atom. The van der Waals surface area contributed by atoms with Crippen LogP contribution in [0.1, 0.15) is 44.5 Å². The van der Waals surface area contributed by atoms with Crippen LogP contribution in [0, 0.1) is 5.82 Å². The van der Waals surface area contributed by atoms with Gasteiger partial charge in [0.15, 0.2) is 5.82 Å². The van der Waals surface area contributed by atoms with Crippen LogP contribution >= 0.6 is 11.6 Å². The first-order chi connectivity index (χ1) is 11.1. The van der Waals surface area contributed by atoms with Gasteiger partial charge in [0.1, 0.15) is 10.8 Å². The number of carbonyl (C=O) groups excluding carboxylic acids is 2. The zero-order valence-electron chi connectivity index (χ0n) is 14.1. The summed E-state index contributed by atoms with van der Waals surface area (Å²) in [7, 11) is 0. The summed E-state index contributed by atoms with van der Waals surface area (Å²) in [6.45, 7) is 7.56. The van der Waals surface area contributed by atoms with Crippen LogP contribution in [0.3, 0.4) is 0 Å². The average Bonchev–Trinajstić information content (AvgIpc) is 2.80. The predicted molar refractivity (Wildman–Crippen MR) is 87.5 cm³/mol. The molecular weight excluding hydrogens is 337 g/mol. The Hall–Kier alpha value is -1.89. The van der Waals surface area contributed by atoms with E-state index in [0.717, 1.165) is 6.20 Å². The van der Waals surface area contributed by atoms with E-state index in [-0.39, 0.29) is 22.8 Å². The molecule has 0 spiro atoms. The van der Waals surface area contributed by atoms with Gasteiger partial charge in [-0.2, -0.15) is 0 Å². The standard InChI is InChI=1S/C16H21ClFN3O3/c1-9-5-10(8-21(9)15(23)24-16(2,3)4)20-14(22)11-6-13(17)19-7-12(11)18/h6-7,9-10H,5,8H2,1-4H3,(H,20,22)/t9-,10-/m1/s1. The van der Waals surface area contributed by atoms with Crippen molar-refractivity contribution in [3.8, 4) is 0 Å². The summed E-state index contributed by atoms with van der Waals surface area (Å²) in [5.74, 6) is -1.33. The number of halogens is 2. The fraction of sp³-hybridized carbons (Fsp3) is 0.562. The van der Waals surface area contributed by atoms with Gasteiger partial charge in [-0.05, 0) is 40.2 Å². The van der Waals surface area contributed by atoms with Crippen LogP contribution in [0.25, 0.3) is 0 Å². The van der Waals surface area contributed by atoms with Gasteiger partial charge in [-0.3, -0.25) is 4.79 Å². The van der Waals surface area contributed by atoms with Gasteiger partial charge in [-0.25, -0.2) is 14.2 Å². The minimum atomic E-state index is -0.744. The molecule has 2 amide bonds. The lowest BCUT2D eigenvalue weighted by atomic mass is 10.1. The SMILES string of the molecule is C[C@@H]1C[C@@H](NC(=O)c2cc(Cl)ncc2F)CN1C(=O)OC(C)(C)C. The van der Waals surface area contributed by atoms with Crippen LogP contribution in [-0.2, 0) is 4.74 Å². The fourth-order valence-corrected chi connectivity index (χ4v) is 2.72. The van der Waals surface area contributed by atoms with Crippen LogP contribution in [0.5, 0.6) is 0 Å². The number of carbonyl (C=O) groups is 2. The van der Waals surface area contributed by atoms with E-state index in [2.05, 4.69) is 10.3 Å². The summed E-state index contributed by atoms with van der Waals surface area (Å²) in [4.78, 5) is 29.5. The largest absolute Gasteiger partial charge is 0.444 e. The molecule has 2 atom stereocenters. The fourth-order valence-electron chi connectivity index (χ4n) is 2.56. The molecule has 8 heteroatoms. The maximum Gasteiger partial charge on any atom is 0.410 e. The first-order valence-corrected chi connectivity index (χ1v) is 8.06. The number of ether oxygens (including phenoxy) is 1. The quantitative estimate of drug-likeness (QED) is 0.826. The molecule has 2 heterocycles. The highest BCUT2D eigenvalue weighted by Crippen LogP contribution is 2.21. The lowest BCUT2D eigenvalue weighted by Crippen LogP contribution is -2.41. The van der Waals surface area contributed by atoms with Crippen molar-refractivity contribution in [3.63, 3.8) is 0 Å². The van der Waals surface area contributed by atoms with E-state index in [1.165, 1.54) is 6.07 Å². The molecule has 0 radical (unpaired) electrons. The van der Waals surface area contributed by atoms with Crippen molar-refractivity contribution in [2.24, 2.45) is 0 Å². The highest BCUT2D eigenvalue weighted by atomic mass is 35.5. The maximum absolute atomic E-state index is 13.7. The van der Waals surface area contributed by atoms with Crippen LogP contribution in [0.2, 0.25) is 5.15 Å². The molecule has 1 aliphatic rings. The molecule has 1 aromatic rings. The maximum atomic E-state index is 13.7. The van der Waals surface area contributed by atoms with E-state index in [4.69, 9.17) is 16.3 Å². The third kappa shape index (κ3) is 4.56. The molecule has 0 bridgehead atoms. The van der Waals surface area contributed by atoms with Crippen molar-refractivity contribution >= 4 is 23.6 Å². The molecule has 1 N–H and O–H groups in total. The molecule has 1 aliphatic heterocycles. The molecule has 0 saturated carbocycles. The number of pyridine rings is 1. The molecule has 1 aromatic heterocycles. The smallest absolute Gasteiger partial charge is 0.410 e. The Morgan fingerprint density at radius 2 is 2.12 bits per heavy atom. The first-order valence-electron chi connectivity index (χ1n) is 7.68. The number of likely N-dealkylation sites (tertiary alicyclic amines) is 1. The van der Waals surface area contributed by atoms with Gasteiger partial charge in [-0.15, -0.1) is 0 Å². The second kappa shape index (κ2) is 6.93. The summed E-state index contributed by atoms with van der Waals surface area (Å²) in [5, 5.41) is 2.77. The Labute approximate surface area is 145 Å². The molecule has 1 fully saturated rings. The van der Waals surface area contributed by atoms with E-state index in [0.29, 0.717) is 13.0 Å².